The van der Waals surface area contributed by atoms with Gasteiger partial charge in [-0.15, -0.1) is 0 Å². The summed E-state index contributed by atoms with van der Waals surface area (Å²) in [5.41, 5.74) is 2.14. The molecule has 1 aromatic heterocycles. The van der Waals surface area contributed by atoms with Gasteiger partial charge in [0.1, 0.15) is 0 Å². The molecule has 7 heteroatoms. The molecule has 3 aliphatic heterocycles. The highest BCUT2D eigenvalue weighted by atomic mass is 35.5. The number of hydrogen-bond donors (Lipinski definition) is 1. The summed E-state index contributed by atoms with van der Waals surface area (Å²) in [7, 11) is 0. The highest BCUT2D eigenvalue weighted by molar-refractivity contribution is 7.08. The zero-order valence-corrected chi connectivity index (χ0v) is 22.1. The van der Waals surface area contributed by atoms with E-state index in [0.717, 1.165) is 69.1 Å². The van der Waals surface area contributed by atoms with E-state index in [-0.39, 0.29) is 0 Å². The number of thiophene rings is 1. The topological polar surface area (TPSA) is 35.9 Å². The van der Waals surface area contributed by atoms with Crippen LogP contribution in [0.25, 0.3) is 0 Å². The summed E-state index contributed by atoms with van der Waals surface area (Å²) in [6.45, 7) is 7.90. The molecule has 3 saturated heterocycles. The first-order chi connectivity index (χ1) is 16.5. The molecule has 4 heterocycles. The van der Waals surface area contributed by atoms with Crippen molar-refractivity contribution in [3.63, 3.8) is 0 Å². The number of halogens is 2. The largest absolute Gasteiger partial charge is 0.390 e. The van der Waals surface area contributed by atoms with Crippen molar-refractivity contribution in [2.24, 2.45) is 11.8 Å². The number of likely N-dealkylation sites (tertiary alicyclic amines) is 2. The third kappa shape index (κ3) is 6.18. The minimum absolute atomic E-state index is 0.496. The second-order valence-corrected chi connectivity index (χ2v) is 12.3. The lowest BCUT2D eigenvalue weighted by atomic mass is 9.80. The van der Waals surface area contributed by atoms with E-state index in [1.54, 1.807) is 11.3 Å². The Morgan fingerprint density at radius 2 is 1.85 bits per heavy atom. The second-order valence-electron chi connectivity index (χ2n) is 10.6. The van der Waals surface area contributed by atoms with Crippen molar-refractivity contribution in [2.75, 3.05) is 45.9 Å². The lowest BCUT2D eigenvalue weighted by Gasteiger charge is -2.39. The third-order valence-corrected chi connectivity index (χ3v) is 9.48. The molecular weight excluding hydrogens is 487 g/mol. The van der Waals surface area contributed by atoms with Crippen LogP contribution in [-0.2, 0) is 11.3 Å². The van der Waals surface area contributed by atoms with Crippen molar-refractivity contribution in [3.05, 3.63) is 56.2 Å². The molecule has 0 spiro atoms. The fourth-order valence-corrected chi connectivity index (χ4v) is 7.42. The summed E-state index contributed by atoms with van der Waals surface area (Å²) in [6, 6.07) is 8.16. The normalized spacial score (nSPS) is 26.8. The monoisotopic (exact) mass is 522 g/mol. The maximum Gasteiger partial charge on any atom is 0.0694 e. The van der Waals surface area contributed by atoms with Crippen LogP contribution in [-0.4, -0.2) is 66.4 Å². The molecule has 2 atom stereocenters. The summed E-state index contributed by atoms with van der Waals surface area (Å²) in [5, 5.41) is 16.9. The van der Waals surface area contributed by atoms with Gasteiger partial charge in [0.2, 0.25) is 0 Å². The smallest absolute Gasteiger partial charge is 0.0694 e. The van der Waals surface area contributed by atoms with Gasteiger partial charge in [0.15, 0.2) is 0 Å². The van der Waals surface area contributed by atoms with Crippen LogP contribution in [0.2, 0.25) is 10.0 Å². The molecule has 0 radical (unpaired) electrons. The Morgan fingerprint density at radius 1 is 1.06 bits per heavy atom. The van der Waals surface area contributed by atoms with E-state index < -0.39 is 5.60 Å². The summed E-state index contributed by atoms with van der Waals surface area (Å²) in [4.78, 5) is 5.24. The molecule has 34 heavy (non-hydrogen) atoms. The van der Waals surface area contributed by atoms with Crippen molar-refractivity contribution in [3.8, 4) is 0 Å². The molecule has 3 fully saturated rings. The summed E-state index contributed by atoms with van der Waals surface area (Å²) < 4.78 is 5.46. The van der Waals surface area contributed by atoms with E-state index in [0.29, 0.717) is 36.0 Å². The highest BCUT2D eigenvalue weighted by Crippen LogP contribution is 2.37. The highest BCUT2D eigenvalue weighted by Gasteiger charge is 2.37. The van der Waals surface area contributed by atoms with Crippen LogP contribution < -0.4 is 0 Å². The van der Waals surface area contributed by atoms with Gasteiger partial charge in [0, 0.05) is 55.4 Å². The predicted octanol–water partition coefficient (Wildman–Crippen LogP) is 5.91. The zero-order valence-electron chi connectivity index (χ0n) is 19.8. The van der Waals surface area contributed by atoms with Gasteiger partial charge in [-0.1, -0.05) is 29.3 Å². The van der Waals surface area contributed by atoms with Crippen LogP contribution in [0.15, 0.2) is 35.0 Å². The Bertz CT molecular complexity index is 927. The maximum atomic E-state index is 10.9. The van der Waals surface area contributed by atoms with Crippen LogP contribution in [0, 0.1) is 11.8 Å². The predicted molar refractivity (Wildman–Crippen MR) is 141 cm³/mol. The Morgan fingerprint density at radius 3 is 2.56 bits per heavy atom. The molecule has 2 aromatic rings. The Hall–Kier alpha value is -0.660. The molecule has 4 nitrogen and oxygen atoms in total. The van der Waals surface area contributed by atoms with Crippen molar-refractivity contribution in [2.45, 2.75) is 50.2 Å². The Balaban J connectivity index is 1.18. The number of rotatable bonds is 7. The minimum Gasteiger partial charge on any atom is -0.390 e. The third-order valence-electron chi connectivity index (χ3n) is 8.19. The van der Waals surface area contributed by atoms with Crippen LogP contribution in [0.5, 0.6) is 0 Å². The number of benzene rings is 1. The van der Waals surface area contributed by atoms with Crippen LogP contribution in [0.3, 0.4) is 0 Å². The van der Waals surface area contributed by atoms with E-state index in [9.17, 15) is 5.11 Å². The van der Waals surface area contributed by atoms with Crippen molar-refractivity contribution < 1.29 is 9.84 Å². The van der Waals surface area contributed by atoms with Crippen molar-refractivity contribution >= 4 is 34.5 Å². The molecule has 0 aliphatic carbocycles. The van der Waals surface area contributed by atoms with Gasteiger partial charge < -0.3 is 14.7 Å². The molecule has 3 aliphatic rings. The minimum atomic E-state index is -0.496. The van der Waals surface area contributed by atoms with E-state index in [2.05, 4.69) is 32.7 Å². The number of piperidine rings is 1. The van der Waals surface area contributed by atoms with E-state index in [1.807, 2.05) is 12.1 Å². The van der Waals surface area contributed by atoms with Crippen molar-refractivity contribution in [1.29, 1.82) is 0 Å². The molecule has 0 saturated carbocycles. The standard InChI is InChI=1S/C27H36Cl2N2O2S/c28-24-2-1-21(26(29)13-24)15-31-17-23(25(18-31)22-5-12-34-19-22)16-30-8-3-20(4-9-30)14-27(32)6-10-33-11-7-27/h1-2,5,12-13,19-20,23,25,32H,3-4,6-11,14-18H2. The van der Waals surface area contributed by atoms with Gasteiger partial charge in [0.25, 0.3) is 0 Å². The fraction of sp³-hybridized carbons (Fsp3) is 0.630. The molecule has 1 aromatic carbocycles. The Labute approximate surface area is 217 Å². The van der Waals surface area contributed by atoms with Gasteiger partial charge in [-0.25, -0.2) is 0 Å². The number of ether oxygens (including phenoxy) is 1. The molecule has 5 rings (SSSR count). The summed E-state index contributed by atoms with van der Waals surface area (Å²) in [5.74, 6) is 1.83. The molecule has 2 unspecified atom stereocenters. The molecule has 186 valence electrons. The lowest BCUT2D eigenvalue weighted by Crippen LogP contribution is -2.42. The first-order valence-corrected chi connectivity index (χ1v) is 14.4. The second kappa shape index (κ2) is 11.2. The average Bonchev–Trinajstić information content (AvgIpc) is 3.47. The molecule has 0 amide bonds. The van der Waals surface area contributed by atoms with Gasteiger partial charge >= 0.3 is 0 Å². The first-order valence-electron chi connectivity index (χ1n) is 12.7. The van der Waals surface area contributed by atoms with E-state index in [4.69, 9.17) is 27.9 Å². The number of aliphatic hydroxyl groups is 1. The quantitative estimate of drug-likeness (QED) is 0.489. The van der Waals surface area contributed by atoms with Crippen LogP contribution in [0.4, 0.5) is 0 Å². The number of hydrogen-bond acceptors (Lipinski definition) is 5. The van der Waals surface area contributed by atoms with Gasteiger partial charge in [0.05, 0.1) is 5.60 Å². The SMILES string of the molecule is OC1(CC2CCN(CC3CN(Cc4ccc(Cl)cc4Cl)CC3c3ccsc3)CC2)CCOCC1. The fourth-order valence-electron chi connectivity index (χ4n) is 6.23. The number of nitrogens with zero attached hydrogens (tertiary/aromatic N) is 2. The van der Waals surface area contributed by atoms with E-state index >= 15 is 0 Å². The molecular formula is C27H36Cl2N2O2S. The van der Waals surface area contributed by atoms with E-state index in [1.165, 1.54) is 18.4 Å². The van der Waals surface area contributed by atoms with Crippen LogP contribution in [0.1, 0.15) is 49.1 Å². The van der Waals surface area contributed by atoms with Gasteiger partial charge in [-0.3, -0.25) is 4.90 Å². The Kier molecular flexibility index (Phi) is 8.21. The average molecular weight is 524 g/mol. The summed E-state index contributed by atoms with van der Waals surface area (Å²) >= 11 is 14.4. The van der Waals surface area contributed by atoms with Crippen LogP contribution >= 0.6 is 34.5 Å². The summed E-state index contributed by atoms with van der Waals surface area (Å²) in [6.07, 6.45) is 4.93. The van der Waals surface area contributed by atoms with Gasteiger partial charge in [-0.05, 0) is 97.1 Å². The zero-order chi connectivity index (χ0) is 23.5. The lowest BCUT2D eigenvalue weighted by molar-refractivity contribution is -0.0801. The first kappa shape index (κ1) is 25.0. The van der Waals surface area contributed by atoms with Crippen molar-refractivity contribution in [1.82, 2.24) is 9.80 Å². The maximum absolute atomic E-state index is 10.9. The molecule has 0 bridgehead atoms. The van der Waals surface area contributed by atoms with Gasteiger partial charge in [-0.2, -0.15) is 11.3 Å². The molecule has 1 N–H and O–H groups in total.